The van der Waals surface area contributed by atoms with E-state index in [9.17, 15) is 0 Å². The molecule has 2 aromatic carbocycles. The van der Waals surface area contributed by atoms with Crippen molar-refractivity contribution in [1.82, 2.24) is 0 Å². The van der Waals surface area contributed by atoms with Crippen molar-refractivity contribution in [3.63, 3.8) is 0 Å². The molecule has 0 saturated heterocycles. The van der Waals surface area contributed by atoms with Gasteiger partial charge in [-0.25, -0.2) is 12.1 Å². The second-order valence-corrected chi connectivity index (χ2v) is 22.7. The second-order valence-electron chi connectivity index (χ2n) is 22.7. The van der Waals surface area contributed by atoms with Crippen LogP contribution >= 0.6 is 0 Å². The van der Waals surface area contributed by atoms with E-state index in [1.54, 1.807) is 0 Å². The van der Waals surface area contributed by atoms with Crippen LogP contribution < -0.4 is 24.8 Å². The van der Waals surface area contributed by atoms with Gasteiger partial charge in [0.05, 0.1) is 0 Å². The van der Waals surface area contributed by atoms with E-state index in [0.29, 0.717) is 0 Å². The molecule has 4 fully saturated rings. The van der Waals surface area contributed by atoms with Crippen molar-refractivity contribution in [3.05, 3.63) is 57.6 Å². The molecule has 12 atom stereocenters. The van der Waals surface area contributed by atoms with Crippen molar-refractivity contribution in [3.8, 4) is 0 Å². The quantitative estimate of drug-likeness (QED) is 0.186. The van der Waals surface area contributed by atoms with Gasteiger partial charge in [-0.1, -0.05) is 205 Å². The standard InChI is InChI=1S/C48H83.C8H11.2ClH.Zr/c1-14-15-40-45(41-24-32(10)16-20-36(41)28(2)3)47(43-26-34(12)18-22-38(43)30(6)7)48(44-27-35(13)19-23-39(44)31(8)9)46(40)42-25-33(11)17-21-37(42)29(4)5;1-2-5-8-6-3-4-7-8;;;/h28-39,41-44H,14-27H2,1-13H3;3-4,6-7H,2,5H2,1H3;2*1H;/q2*-1;;;+4/p-2. The second kappa shape index (κ2) is 25.6. The minimum absolute atomic E-state index is 0. The zero-order valence-corrected chi connectivity index (χ0v) is 45.1. The van der Waals surface area contributed by atoms with Gasteiger partial charge in [-0.15, -0.1) is 5.56 Å². The van der Waals surface area contributed by atoms with Crippen molar-refractivity contribution in [1.29, 1.82) is 0 Å². The molecule has 0 aliphatic heterocycles. The molecule has 4 saturated carbocycles. The Labute approximate surface area is 400 Å². The maximum absolute atomic E-state index is 2.62. The third-order valence-corrected chi connectivity index (χ3v) is 16.9. The first-order chi connectivity index (χ1) is 26.7. The Morgan fingerprint density at radius 3 is 1.32 bits per heavy atom. The SMILES string of the molecule is CCC[c-]1cccc1.CCCc1c(C2CC(C)CCC2C(C)C)c(C2CC(C)CCC2C(C)C)c(C2CC(C)CCC2C(C)C)[c-]1C1CC(C)CCC1C(C)C.[Cl-].[Cl-].[Zr+4]. The number of hydrogen-bond donors (Lipinski definition) is 0. The van der Waals surface area contributed by atoms with Gasteiger partial charge in [0.1, 0.15) is 0 Å². The van der Waals surface area contributed by atoms with Crippen molar-refractivity contribution in [2.75, 3.05) is 0 Å². The Bertz CT molecular complexity index is 1340. The Hall–Kier alpha value is 0.163. The molecule has 0 bridgehead atoms. The van der Waals surface area contributed by atoms with E-state index in [4.69, 9.17) is 0 Å². The van der Waals surface area contributed by atoms with Gasteiger partial charge in [0.2, 0.25) is 0 Å². The van der Waals surface area contributed by atoms with Gasteiger partial charge < -0.3 is 24.8 Å². The fraction of sp³-hybridized carbons (Fsp3) is 0.821. The third-order valence-electron chi connectivity index (χ3n) is 16.9. The van der Waals surface area contributed by atoms with Gasteiger partial charge in [-0.2, -0.15) is 39.9 Å². The van der Waals surface area contributed by atoms with Gasteiger partial charge >= 0.3 is 26.2 Å². The molecule has 0 spiro atoms. The molecule has 336 valence electrons. The summed E-state index contributed by atoms with van der Waals surface area (Å²) in [6, 6.07) is 8.52. The van der Waals surface area contributed by atoms with Gasteiger partial charge in [0.25, 0.3) is 0 Å². The van der Waals surface area contributed by atoms with Crippen LogP contribution in [0.25, 0.3) is 0 Å². The first kappa shape index (κ1) is 55.3. The van der Waals surface area contributed by atoms with Crippen LogP contribution in [0.2, 0.25) is 0 Å². The number of rotatable bonds is 12. The van der Waals surface area contributed by atoms with E-state index in [0.717, 1.165) is 94.7 Å². The third kappa shape index (κ3) is 13.4. The monoisotopic (exact) mass is 927 g/mol. The smallest absolute Gasteiger partial charge is 1.00 e. The zero-order valence-electron chi connectivity index (χ0n) is 41.1. The van der Waals surface area contributed by atoms with Crippen LogP contribution in [0.1, 0.15) is 244 Å². The van der Waals surface area contributed by atoms with Crippen LogP contribution in [0, 0.1) is 71.0 Å². The maximum atomic E-state index is 2.62. The molecule has 0 aromatic heterocycles. The molecule has 4 aliphatic carbocycles. The first-order valence-corrected chi connectivity index (χ1v) is 25.2. The predicted octanol–water partition coefficient (Wildman–Crippen LogP) is 11.4. The first-order valence-electron chi connectivity index (χ1n) is 25.2. The molecule has 0 heterocycles. The molecule has 12 unspecified atom stereocenters. The summed E-state index contributed by atoms with van der Waals surface area (Å²) >= 11 is 0. The summed E-state index contributed by atoms with van der Waals surface area (Å²) in [6.45, 7) is 35.9. The van der Waals surface area contributed by atoms with Crippen LogP contribution in [0.3, 0.4) is 0 Å². The molecule has 0 nitrogen and oxygen atoms in total. The predicted molar refractivity (Wildman–Crippen MR) is 248 cm³/mol. The van der Waals surface area contributed by atoms with Crippen molar-refractivity contribution in [2.45, 2.75) is 223 Å². The summed E-state index contributed by atoms with van der Waals surface area (Å²) in [4.78, 5) is 0. The number of aryl methyl sites for hydroxylation is 1. The summed E-state index contributed by atoms with van der Waals surface area (Å²) in [6.07, 6.45) is 22.4. The molecule has 6 rings (SSSR count). The van der Waals surface area contributed by atoms with Crippen molar-refractivity contribution in [2.24, 2.45) is 71.0 Å². The summed E-state index contributed by atoms with van der Waals surface area (Å²) < 4.78 is 0. The number of halogens is 2. The van der Waals surface area contributed by atoms with Crippen molar-refractivity contribution < 1.29 is 51.0 Å². The number of hydrogen-bond acceptors (Lipinski definition) is 0. The fourth-order valence-electron chi connectivity index (χ4n) is 13.9. The van der Waals surface area contributed by atoms with E-state index >= 15 is 0 Å². The summed E-state index contributed by atoms with van der Waals surface area (Å²) in [7, 11) is 0. The molecular formula is C56H94Cl2Zr. The molecule has 59 heavy (non-hydrogen) atoms. The Morgan fingerprint density at radius 2 is 0.898 bits per heavy atom. The molecule has 4 aliphatic rings. The van der Waals surface area contributed by atoms with Crippen LogP contribution in [0.4, 0.5) is 0 Å². The van der Waals surface area contributed by atoms with Gasteiger partial charge in [-0.05, 0) is 89.8 Å². The van der Waals surface area contributed by atoms with E-state index in [1.807, 2.05) is 27.8 Å². The van der Waals surface area contributed by atoms with Gasteiger partial charge in [0.15, 0.2) is 0 Å². The largest absolute Gasteiger partial charge is 4.00 e. The summed E-state index contributed by atoms with van der Waals surface area (Å²) in [5, 5.41) is 0. The Morgan fingerprint density at radius 1 is 0.508 bits per heavy atom. The van der Waals surface area contributed by atoms with Gasteiger partial charge in [-0.3, -0.25) is 0 Å². The Balaban J connectivity index is 0.000000977. The molecule has 3 heteroatoms. The normalized spacial score (nSPS) is 32.6. The minimum Gasteiger partial charge on any atom is -1.00 e. The van der Waals surface area contributed by atoms with Crippen LogP contribution in [-0.2, 0) is 39.0 Å². The zero-order chi connectivity index (χ0) is 40.8. The molecule has 0 radical (unpaired) electrons. The van der Waals surface area contributed by atoms with E-state index in [-0.39, 0.29) is 51.0 Å². The fourth-order valence-corrected chi connectivity index (χ4v) is 13.9. The topological polar surface area (TPSA) is 0 Å². The van der Waals surface area contributed by atoms with E-state index < -0.39 is 0 Å². The van der Waals surface area contributed by atoms with Crippen molar-refractivity contribution >= 4 is 0 Å². The summed E-state index contributed by atoms with van der Waals surface area (Å²) in [5.74, 6) is 12.9. The molecular weight excluding hydrogens is 835 g/mol. The van der Waals surface area contributed by atoms with Crippen LogP contribution in [0.5, 0.6) is 0 Å². The van der Waals surface area contributed by atoms with Crippen LogP contribution in [-0.4, -0.2) is 0 Å². The van der Waals surface area contributed by atoms with E-state index in [2.05, 4.69) is 121 Å². The molecule has 0 amide bonds. The van der Waals surface area contributed by atoms with E-state index in [1.165, 1.54) is 108 Å². The minimum atomic E-state index is 0. The molecule has 0 N–H and O–H groups in total. The van der Waals surface area contributed by atoms with Crippen LogP contribution in [0.15, 0.2) is 24.3 Å². The van der Waals surface area contributed by atoms with Gasteiger partial charge in [0, 0.05) is 0 Å². The summed E-state index contributed by atoms with van der Waals surface area (Å²) in [5.41, 5.74) is 11.5. The maximum Gasteiger partial charge on any atom is 4.00 e. The molecule has 2 aromatic rings. The average Bonchev–Trinajstić information content (AvgIpc) is 3.77. The Kier molecular flexibility index (Phi) is 24.0. The average molecular weight is 929 g/mol.